The van der Waals surface area contributed by atoms with E-state index in [1.165, 1.54) is 12.1 Å². The Morgan fingerprint density at radius 3 is 2.39 bits per heavy atom. The predicted molar refractivity (Wildman–Crippen MR) is 71.9 cm³/mol. The van der Waals surface area contributed by atoms with Crippen LogP contribution in [0.4, 0.5) is 4.39 Å². The lowest BCUT2D eigenvalue weighted by molar-refractivity contribution is 0.469. The zero-order valence-corrected chi connectivity index (χ0v) is 11.1. The van der Waals surface area contributed by atoms with E-state index in [0.717, 1.165) is 16.9 Å². The van der Waals surface area contributed by atoms with Crippen LogP contribution in [0.15, 0.2) is 36.4 Å². The number of hydrogen-bond acceptors (Lipinski definition) is 1. The van der Waals surface area contributed by atoms with E-state index >= 15 is 0 Å². The number of para-hydroxylation sites is 1. The van der Waals surface area contributed by atoms with Gasteiger partial charge in [-0.2, -0.15) is 0 Å². The second-order valence-electron chi connectivity index (χ2n) is 4.21. The van der Waals surface area contributed by atoms with E-state index < -0.39 is 0 Å². The lowest BCUT2D eigenvalue weighted by atomic mass is 10.1. The van der Waals surface area contributed by atoms with E-state index in [0.29, 0.717) is 11.3 Å². The highest BCUT2D eigenvalue weighted by Gasteiger charge is 2.09. The van der Waals surface area contributed by atoms with Crippen LogP contribution in [-0.4, -0.2) is 0 Å². The van der Waals surface area contributed by atoms with Gasteiger partial charge in [0.1, 0.15) is 17.3 Å². The Bertz CT molecular complexity index is 546. The number of rotatable bonds is 3. The molecule has 0 saturated carbocycles. The first-order valence-electron chi connectivity index (χ1n) is 5.70. The standard InChI is InChI=1S/C15H14ClFO/c1-10-4-3-5-11(2)15(10)18-14-7-6-13(17)8-12(14)9-16/h3-8H,9H2,1-2H3. The smallest absolute Gasteiger partial charge is 0.133 e. The molecular formula is C15H14ClFO. The molecule has 3 heteroatoms. The highest BCUT2D eigenvalue weighted by Crippen LogP contribution is 2.31. The van der Waals surface area contributed by atoms with Crippen LogP contribution >= 0.6 is 11.6 Å². The molecule has 2 aromatic rings. The van der Waals surface area contributed by atoms with Gasteiger partial charge < -0.3 is 4.74 Å². The lowest BCUT2D eigenvalue weighted by Gasteiger charge is -2.14. The molecule has 94 valence electrons. The van der Waals surface area contributed by atoms with Gasteiger partial charge in [-0.05, 0) is 43.2 Å². The van der Waals surface area contributed by atoms with Gasteiger partial charge >= 0.3 is 0 Å². The lowest BCUT2D eigenvalue weighted by Crippen LogP contribution is -1.94. The van der Waals surface area contributed by atoms with E-state index in [2.05, 4.69) is 0 Å². The minimum absolute atomic E-state index is 0.220. The normalized spacial score (nSPS) is 10.4. The number of benzene rings is 2. The van der Waals surface area contributed by atoms with Crippen molar-refractivity contribution in [3.63, 3.8) is 0 Å². The molecular weight excluding hydrogens is 251 g/mol. The summed E-state index contributed by atoms with van der Waals surface area (Å²) in [6.07, 6.45) is 0. The molecule has 0 amide bonds. The molecule has 0 fully saturated rings. The average molecular weight is 265 g/mol. The molecule has 0 aliphatic rings. The third-order valence-corrected chi connectivity index (χ3v) is 3.08. The largest absolute Gasteiger partial charge is 0.456 e. The van der Waals surface area contributed by atoms with Gasteiger partial charge in [-0.15, -0.1) is 11.6 Å². The number of ether oxygens (including phenoxy) is 1. The van der Waals surface area contributed by atoms with Gasteiger partial charge in [-0.1, -0.05) is 18.2 Å². The molecule has 2 rings (SSSR count). The van der Waals surface area contributed by atoms with Crippen LogP contribution in [0.1, 0.15) is 16.7 Å². The van der Waals surface area contributed by atoms with Crippen molar-refractivity contribution in [2.75, 3.05) is 0 Å². The highest BCUT2D eigenvalue weighted by atomic mass is 35.5. The van der Waals surface area contributed by atoms with Crippen LogP contribution in [0.5, 0.6) is 11.5 Å². The summed E-state index contributed by atoms with van der Waals surface area (Å²) in [5.74, 6) is 1.32. The molecule has 0 unspecified atom stereocenters. The monoisotopic (exact) mass is 264 g/mol. The van der Waals surface area contributed by atoms with Crippen molar-refractivity contribution >= 4 is 11.6 Å². The molecule has 18 heavy (non-hydrogen) atoms. The molecule has 0 N–H and O–H groups in total. The molecule has 0 aliphatic carbocycles. The first-order chi connectivity index (χ1) is 8.61. The fourth-order valence-electron chi connectivity index (χ4n) is 1.82. The zero-order chi connectivity index (χ0) is 13.1. The minimum atomic E-state index is -0.306. The van der Waals surface area contributed by atoms with Gasteiger partial charge in [0.2, 0.25) is 0 Å². The second kappa shape index (κ2) is 5.40. The van der Waals surface area contributed by atoms with Crippen LogP contribution < -0.4 is 4.74 Å². The molecule has 0 heterocycles. The number of halogens is 2. The van der Waals surface area contributed by atoms with Crippen molar-refractivity contribution in [1.29, 1.82) is 0 Å². The van der Waals surface area contributed by atoms with E-state index in [-0.39, 0.29) is 11.7 Å². The summed E-state index contributed by atoms with van der Waals surface area (Å²) in [6.45, 7) is 3.96. The SMILES string of the molecule is Cc1cccc(C)c1Oc1ccc(F)cc1CCl. The third kappa shape index (κ3) is 2.65. The van der Waals surface area contributed by atoms with Crippen molar-refractivity contribution < 1.29 is 9.13 Å². The molecule has 0 radical (unpaired) electrons. The molecule has 1 nitrogen and oxygen atoms in total. The molecule has 0 spiro atoms. The van der Waals surface area contributed by atoms with E-state index in [1.54, 1.807) is 6.07 Å². The van der Waals surface area contributed by atoms with Gasteiger partial charge in [0.25, 0.3) is 0 Å². The number of hydrogen-bond donors (Lipinski definition) is 0. The summed E-state index contributed by atoms with van der Waals surface area (Å²) in [6, 6.07) is 10.3. The van der Waals surface area contributed by atoms with E-state index in [9.17, 15) is 4.39 Å². The van der Waals surface area contributed by atoms with Gasteiger partial charge in [0.05, 0.1) is 5.88 Å². The molecule has 0 saturated heterocycles. The Balaban J connectivity index is 2.40. The summed E-state index contributed by atoms with van der Waals surface area (Å²) in [5, 5.41) is 0. The Kier molecular flexibility index (Phi) is 3.87. The maximum Gasteiger partial charge on any atom is 0.133 e. The average Bonchev–Trinajstić information content (AvgIpc) is 2.35. The van der Waals surface area contributed by atoms with E-state index in [1.807, 2.05) is 32.0 Å². The van der Waals surface area contributed by atoms with Crippen LogP contribution in [0.3, 0.4) is 0 Å². The Labute approximate surface area is 111 Å². The molecule has 0 aromatic heterocycles. The molecule has 2 aromatic carbocycles. The summed E-state index contributed by atoms with van der Waals surface area (Å²) >= 11 is 5.80. The summed E-state index contributed by atoms with van der Waals surface area (Å²) < 4.78 is 19.0. The first-order valence-corrected chi connectivity index (χ1v) is 6.23. The highest BCUT2D eigenvalue weighted by molar-refractivity contribution is 6.17. The quantitative estimate of drug-likeness (QED) is 0.711. The van der Waals surface area contributed by atoms with Gasteiger partial charge in [0.15, 0.2) is 0 Å². The van der Waals surface area contributed by atoms with Crippen LogP contribution in [-0.2, 0) is 5.88 Å². The Morgan fingerprint density at radius 1 is 1.11 bits per heavy atom. The number of alkyl halides is 1. The minimum Gasteiger partial charge on any atom is -0.456 e. The topological polar surface area (TPSA) is 9.23 Å². The van der Waals surface area contributed by atoms with Crippen LogP contribution in [0, 0.1) is 19.7 Å². The predicted octanol–water partition coefficient (Wildman–Crippen LogP) is 4.97. The van der Waals surface area contributed by atoms with E-state index in [4.69, 9.17) is 16.3 Å². The summed E-state index contributed by atoms with van der Waals surface area (Å²) in [7, 11) is 0. The van der Waals surface area contributed by atoms with Crippen molar-refractivity contribution in [1.82, 2.24) is 0 Å². The first kappa shape index (κ1) is 12.9. The van der Waals surface area contributed by atoms with Crippen molar-refractivity contribution in [3.8, 4) is 11.5 Å². The van der Waals surface area contributed by atoms with Crippen LogP contribution in [0.2, 0.25) is 0 Å². The van der Waals surface area contributed by atoms with Gasteiger partial charge in [-0.25, -0.2) is 4.39 Å². The summed E-state index contributed by atoms with van der Waals surface area (Å²) in [5.41, 5.74) is 2.74. The van der Waals surface area contributed by atoms with Gasteiger partial charge in [-0.3, -0.25) is 0 Å². The Hall–Kier alpha value is -1.54. The maximum absolute atomic E-state index is 13.1. The number of aryl methyl sites for hydroxylation is 2. The van der Waals surface area contributed by atoms with Gasteiger partial charge in [0, 0.05) is 5.56 Å². The van der Waals surface area contributed by atoms with Crippen molar-refractivity contribution in [2.24, 2.45) is 0 Å². The zero-order valence-electron chi connectivity index (χ0n) is 10.3. The second-order valence-corrected chi connectivity index (χ2v) is 4.48. The molecule has 0 bridgehead atoms. The fourth-order valence-corrected chi connectivity index (χ4v) is 2.03. The van der Waals surface area contributed by atoms with Crippen LogP contribution in [0.25, 0.3) is 0 Å². The molecule has 0 atom stereocenters. The van der Waals surface area contributed by atoms with Crippen molar-refractivity contribution in [2.45, 2.75) is 19.7 Å². The van der Waals surface area contributed by atoms with Crippen molar-refractivity contribution in [3.05, 3.63) is 58.9 Å². The molecule has 0 aliphatic heterocycles. The fraction of sp³-hybridized carbons (Fsp3) is 0.200. The third-order valence-electron chi connectivity index (χ3n) is 2.79. The maximum atomic E-state index is 13.1. The summed E-state index contributed by atoms with van der Waals surface area (Å²) in [4.78, 5) is 0. The Morgan fingerprint density at radius 2 is 1.78 bits per heavy atom.